The van der Waals surface area contributed by atoms with Gasteiger partial charge in [0.25, 0.3) is 10.0 Å². The van der Waals surface area contributed by atoms with Gasteiger partial charge < -0.3 is 10.0 Å². The molecule has 35 heavy (non-hydrogen) atoms. The second-order valence-electron chi connectivity index (χ2n) is 8.69. The van der Waals surface area contributed by atoms with E-state index < -0.39 is 16.1 Å². The van der Waals surface area contributed by atoms with E-state index in [1.54, 1.807) is 30.3 Å². The van der Waals surface area contributed by atoms with Crippen LogP contribution in [0.1, 0.15) is 18.1 Å². The van der Waals surface area contributed by atoms with Gasteiger partial charge in [0.2, 0.25) is 0 Å². The number of hydrogen-bond donors (Lipinski definition) is 2. The van der Waals surface area contributed by atoms with Gasteiger partial charge in [-0.2, -0.15) is 0 Å². The number of piperazine rings is 1. The van der Waals surface area contributed by atoms with Crippen LogP contribution in [0.4, 0.5) is 14.9 Å². The molecule has 2 N–H and O–H groups in total. The molecule has 2 heterocycles. The highest BCUT2D eigenvalue weighted by Crippen LogP contribution is 2.23. The lowest BCUT2D eigenvalue weighted by atomic mass is 10.1. The highest BCUT2D eigenvalue weighted by atomic mass is 32.2. The molecule has 2 aromatic carbocycles. The second-order valence-corrected chi connectivity index (χ2v) is 10.4. The molecule has 0 spiro atoms. The number of aromatic nitrogens is 1. The number of carbonyl (C=O) groups is 1. The summed E-state index contributed by atoms with van der Waals surface area (Å²) in [6.45, 7) is 6.22. The summed E-state index contributed by atoms with van der Waals surface area (Å²) in [7, 11) is -3.84. The first-order chi connectivity index (χ1) is 16.6. The Labute approximate surface area is 204 Å². The summed E-state index contributed by atoms with van der Waals surface area (Å²) in [5, 5.41) is 9.24. The molecule has 184 valence electrons. The number of benzene rings is 2. The van der Waals surface area contributed by atoms with Gasteiger partial charge in [-0.3, -0.25) is 14.6 Å². The Morgan fingerprint density at radius 3 is 2.49 bits per heavy atom. The number of amides is 1. The van der Waals surface area contributed by atoms with E-state index in [0.29, 0.717) is 43.1 Å². The summed E-state index contributed by atoms with van der Waals surface area (Å²) in [6, 6.07) is 14.2. The first-order valence-electron chi connectivity index (χ1n) is 11.2. The minimum atomic E-state index is -3.84. The number of nitrogens with one attached hydrogen (secondary N) is 1. The Morgan fingerprint density at radius 2 is 1.89 bits per heavy atom. The van der Waals surface area contributed by atoms with Crippen LogP contribution in [0.25, 0.3) is 11.3 Å². The van der Waals surface area contributed by atoms with Crippen LogP contribution in [-0.4, -0.2) is 60.1 Å². The predicted molar refractivity (Wildman–Crippen MR) is 131 cm³/mol. The molecule has 0 unspecified atom stereocenters. The molecule has 1 amide bonds. The molecule has 1 atom stereocenters. The molecule has 0 radical (unpaired) electrons. The van der Waals surface area contributed by atoms with Gasteiger partial charge in [0.1, 0.15) is 10.7 Å². The van der Waals surface area contributed by atoms with Gasteiger partial charge in [0.15, 0.2) is 0 Å². The number of carboxylic acid groups (broad SMARTS) is 1. The Morgan fingerprint density at radius 1 is 1.14 bits per heavy atom. The van der Waals surface area contributed by atoms with Gasteiger partial charge in [0.05, 0.1) is 5.69 Å². The van der Waals surface area contributed by atoms with E-state index >= 15 is 0 Å². The van der Waals surface area contributed by atoms with Crippen LogP contribution in [0.15, 0.2) is 65.7 Å². The molecular weight excluding hydrogens is 471 g/mol. The van der Waals surface area contributed by atoms with E-state index in [4.69, 9.17) is 0 Å². The number of nitrogens with zero attached hydrogens (tertiary/aromatic N) is 3. The van der Waals surface area contributed by atoms with Crippen molar-refractivity contribution in [3.63, 3.8) is 0 Å². The average molecular weight is 499 g/mol. The number of anilines is 1. The normalized spacial score (nSPS) is 16.8. The van der Waals surface area contributed by atoms with Crippen molar-refractivity contribution in [2.45, 2.75) is 31.3 Å². The van der Waals surface area contributed by atoms with Crippen LogP contribution in [0, 0.1) is 12.7 Å². The van der Waals surface area contributed by atoms with Gasteiger partial charge in [0, 0.05) is 49.7 Å². The lowest BCUT2D eigenvalue weighted by Crippen LogP contribution is -2.53. The fourth-order valence-corrected chi connectivity index (χ4v) is 5.18. The van der Waals surface area contributed by atoms with E-state index in [2.05, 4.69) is 14.6 Å². The minimum Gasteiger partial charge on any atom is -0.465 e. The zero-order chi connectivity index (χ0) is 25.2. The van der Waals surface area contributed by atoms with E-state index in [1.165, 1.54) is 29.3 Å². The number of rotatable bonds is 6. The Kier molecular flexibility index (Phi) is 7.04. The summed E-state index contributed by atoms with van der Waals surface area (Å²) >= 11 is 0. The standard InChI is InChI=1S/C25H27FN4O4S/c1-17-13-22(8-5-20(17)16-29-11-12-30(25(31)32)18(2)15-29)28-35(33,34)23-9-10-24(27-14-23)19-3-6-21(26)7-4-19/h3-10,13-14,18,28H,11-12,15-16H2,1-2H3,(H,31,32)/t18-/m0/s1. The molecule has 1 aliphatic rings. The van der Waals surface area contributed by atoms with Crippen LogP contribution in [0.5, 0.6) is 0 Å². The molecule has 10 heteroatoms. The summed E-state index contributed by atoms with van der Waals surface area (Å²) < 4.78 is 41.5. The molecule has 0 bridgehead atoms. The topological polar surface area (TPSA) is 103 Å². The molecule has 3 aromatic rings. The van der Waals surface area contributed by atoms with Crippen molar-refractivity contribution in [3.8, 4) is 11.3 Å². The maximum absolute atomic E-state index is 13.1. The monoisotopic (exact) mass is 498 g/mol. The zero-order valence-electron chi connectivity index (χ0n) is 19.5. The molecule has 0 saturated carbocycles. The van der Waals surface area contributed by atoms with E-state index in [1.807, 2.05) is 19.9 Å². The van der Waals surface area contributed by atoms with Crippen LogP contribution < -0.4 is 4.72 Å². The highest BCUT2D eigenvalue weighted by Gasteiger charge is 2.27. The second kappa shape index (κ2) is 10.0. The molecule has 1 saturated heterocycles. The molecule has 1 aliphatic heterocycles. The van der Waals surface area contributed by atoms with Crippen molar-refractivity contribution in [1.29, 1.82) is 0 Å². The lowest BCUT2D eigenvalue weighted by molar-refractivity contribution is 0.0710. The molecular formula is C25H27FN4O4S. The largest absolute Gasteiger partial charge is 0.465 e. The van der Waals surface area contributed by atoms with Crippen molar-refractivity contribution in [2.75, 3.05) is 24.4 Å². The minimum absolute atomic E-state index is 0.0235. The summed E-state index contributed by atoms with van der Waals surface area (Å²) in [5.41, 5.74) is 3.66. The van der Waals surface area contributed by atoms with E-state index in [9.17, 15) is 22.7 Å². The van der Waals surface area contributed by atoms with Crippen LogP contribution in [-0.2, 0) is 16.6 Å². The van der Waals surface area contributed by atoms with Crippen molar-refractivity contribution < 1.29 is 22.7 Å². The Bertz CT molecular complexity index is 1310. The van der Waals surface area contributed by atoms with Crippen LogP contribution in [0.2, 0.25) is 0 Å². The molecule has 4 rings (SSSR count). The quantitative estimate of drug-likeness (QED) is 0.529. The molecule has 8 nitrogen and oxygen atoms in total. The van der Waals surface area contributed by atoms with Gasteiger partial charge in [-0.25, -0.2) is 17.6 Å². The zero-order valence-corrected chi connectivity index (χ0v) is 20.3. The smallest absolute Gasteiger partial charge is 0.407 e. The first-order valence-corrected chi connectivity index (χ1v) is 12.7. The maximum Gasteiger partial charge on any atom is 0.407 e. The van der Waals surface area contributed by atoms with Crippen molar-refractivity contribution in [2.24, 2.45) is 0 Å². The third-order valence-electron chi connectivity index (χ3n) is 6.13. The number of pyridine rings is 1. The number of hydrogen-bond acceptors (Lipinski definition) is 5. The Hall–Kier alpha value is -3.50. The number of aryl methyl sites for hydroxylation is 1. The SMILES string of the molecule is Cc1cc(NS(=O)(=O)c2ccc(-c3ccc(F)cc3)nc2)ccc1CN1CCN(C(=O)O)[C@@H](C)C1. The first kappa shape index (κ1) is 24.6. The third-order valence-corrected chi connectivity index (χ3v) is 7.50. The third kappa shape index (κ3) is 5.77. The van der Waals surface area contributed by atoms with Crippen molar-refractivity contribution >= 4 is 21.8 Å². The van der Waals surface area contributed by atoms with Crippen LogP contribution >= 0.6 is 0 Å². The van der Waals surface area contributed by atoms with Gasteiger partial charge in [-0.1, -0.05) is 6.07 Å². The van der Waals surface area contributed by atoms with Gasteiger partial charge in [-0.05, 0) is 73.5 Å². The maximum atomic E-state index is 13.1. The highest BCUT2D eigenvalue weighted by molar-refractivity contribution is 7.92. The van der Waals surface area contributed by atoms with Gasteiger partial charge >= 0.3 is 6.09 Å². The van der Waals surface area contributed by atoms with E-state index in [0.717, 1.165) is 11.1 Å². The molecule has 1 aromatic heterocycles. The number of halogens is 1. The summed E-state index contributed by atoms with van der Waals surface area (Å²) in [5.74, 6) is -0.353. The molecule has 0 aliphatic carbocycles. The summed E-state index contributed by atoms with van der Waals surface area (Å²) in [6.07, 6.45) is 0.380. The van der Waals surface area contributed by atoms with Crippen molar-refractivity contribution in [3.05, 3.63) is 77.7 Å². The Balaban J connectivity index is 1.42. The molecule has 1 fully saturated rings. The van der Waals surface area contributed by atoms with Crippen LogP contribution in [0.3, 0.4) is 0 Å². The lowest BCUT2D eigenvalue weighted by Gasteiger charge is -2.38. The van der Waals surface area contributed by atoms with Gasteiger partial charge in [-0.15, -0.1) is 0 Å². The predicted octanol–water partition coefficient (Wildman–Crippen LogP) is 4.18. The fraction of sp³-hybridized carbons (Fsp3) is 0.280. The van der Waals surface area contributed by atoms with Crippen molar-refractivity contribution in [1.82, 2.24) is 14.8 Å². The average Bonchev–Trinajstić information content (AvgIpc) is 2.81. The number of sulfonamides is 1. The summed E-state index contributed by atoms with van der Waals surface area (Å²) in [4.78, 5) is 19.2. The fourth-order valence-electron chi connectivity index (χ4n) is 4.18. The van der Waals surface area contributed by atoms with E-state index in [-0.39, 0.29) is 16.8 Å².